The van der Waals surface area contributed by atoms with Crippen molar-refractivity contribution >= 4 is 165 Å². The van der Waals surface area contributed by atoms with Crippen LogP contribution in [0.15, 0.2) is 110 Å². The molecule has 0 saturated carbocycles. The summed E-state index contributed by atoms with van der Waals surface area (Å²) in [5.74, 6) is -2.22. The van der Waals surface area contributed by atoms with Crippen LogP contribution in [0.5, 0.6) is 0 Å². The molecule has 0 aliphatic carbocycles. The lowest BCUT2D eigenvalue weighted by Gasteiger charge is -2.34. The van der Waals surface area contributed by atoms with E-state index in [9.17, 15) is 43.5 Å². The van der Waals surface area contributed by atoms with Crippen LogP contribution in [0.4, 0.5) is 11.4 Å². The van der Waals surface area contributed by atoms with E-state index in [0.29, 0.717) is 72.2 Å². The molecule has 0 atom stereocenters. The summed E-state index contributed by atoms with van der Waals surface area (Å²) in [6.45, 7) is 22.8. The van der Waals surface area contributed by atoms with Gasteiger partial charge in [0.05, 0.1) is 61.2 Å². The number of aromatic carboxylic acids is 1. The SMILES string of the molecule is C.CCOC(=O)c1cn(CC)c2cc(Cl)c(Br)cc2c1=O.CCn1cc(C(=O)O)c(=O)c2cc(Br)c(N3CCNCC3)cc21.CCn1cc(C(C)=O)c(=O)c2cc(Br)c(Cl)cc21.CCn1cc(C(C)=O)c(=O)c2cc(Br)c(N3CCN(C)CC3)cc21. The first kappa shape index (κ1) is 69.1. The summed E-state index contributed by atoms with van der Waals surface area (Å²) in [7, 11) is 2.13. The van der Waals surface area contributed by atoms with E-state index in [4.69, 9.17) is 27.9 Å². The number of halogens is 6. The number of likely N-dealkylation sites (N-methyl/N-ethyl adjacent to an activating group) is 1. The number of carboxylic acid groups (broad SMARTS) is 1. The molecule has 6 heterocycles. The number of anilines is 2. The zero-order valence-corrected chi connectivity index (χ0v) is 56.0. The number of hydrogen-bond donors (Lipinski definition) is 2. The third-order valence-electron chi connectivity index (χ3n) is 14.7. The zero-order valence-electron chi connectivity index (χ0n) is 48.1. The van der Waals surface area contributed by atoms with Crippen LogP contribution < -0.4 is 36.8 Å². The maximum absolute atomic E-state index is 12.6. The first-order chi connectivity index (χ1) is 40.4. The molecule has 2 N–H and O–H groups in total. The number of hydrogen-bond acceptors (Lipinski definition) is 13. The molecule has 2 aliphatic heterocycles. The number of Topliss-reactive ketones (excluding diaryl/α,β-unsaturated/α-hetero) is 2. The lowest BCUT2D eigenvalue weighted by atomic mass is 10.1. The molecule has 4 aromatic carbocycles. The van der Waals surface area contributed by atoms with Crippen LogP contribution in [0.3, 0.4) is 0 Å². The Morgan fingerprint density at radius 2 is 0.826 bits per heavy atom. The van der Waals surface area contributed by atoms with Gasteiger partial charge >= 0.3 is 11.9 Å². The van der Waals surface area contributed by atoms with Gasteiger partial charge in [0.1, 0.15) is 11.1 Å². The minimum Gasteiger partial charge on any atom is -0.477 e. The maximum atomic E-state index is 12.6. The third-order valence-corrected chi connectivity index (χ3v) is 18.4. The van der Waals surface area contributed by atoms with Crippen molar-refractivity contribution in [2.75, 3.05) is 75.8 Å². The fraction of sp³-hybridized carbons (Fsp3) is 0.355. The second-order valence-corrected chi connectivity index (χ2v) is 24.2. The minimum absolute atomic E-state index is 0. The molecule has 0 radical (unpaired) electrons. The number of aromatic nitrogens is 4. The number of nitrogens with zero attached hydrogens (tertiary/aromatic N) is 7. The fourth-order valence-corrected chi connectivity index (χ4v) is 12.3. The molecule has 2 aliphatic rings. The Hall–Kier alpha value is -5.98. The Kier molecular flexibility index (Phi) is 24.3. The molecule has 86 heavy (non-hydrogen) atoms. The molecular formula is C62H68Br4Cl2N8O10. The molecule has 0 unspecified atom stereocenters. The van der Waals surface area contributed by atoms with Crippen LogP contribution in [0.25, 0.3) is 43.6 Å². The number of carbonyl (C=O) groups excluding carboxylic acids is 3. The summed E-state index contributed by atoms with van der Waals surface area (Å²) >= 11 is 25.9. The number of carboxylic acids is 1. The Labute approximate surface area is 541 Å². The summed E-state index contributed by atoms with van der Waals surface area (Å²) in [5.41, 5.74) is 4.29. The van der Waals surface area contributed by atoms with Gasteiger partial charge in [0.2, 0.25) is 10.9 Å². The minimum atomic E-state index is -1.19. The topological polar surface area (TPSA) is 207 Å². The Morgan fingerprint density at radius 3 is 1.19 bits per heavy atom. The van der Waals surface area contributed by atoms with E-state index in [-0.39, 0.29) is 64.1 Å². The summed E-state index contributed by atoms with van der Waals surface area (Å²) < 4.78 is 15.4. The third kappa shape index (κ3) is 15.1. The van der Waals surface area contributed by atoms with Crippen LogP contribution in [0, 0.1) is 0 Å². The van der Waals surface area contributed by atoms with Crippen molar-refractivity contribution in [2.24, 2.45) is 0 Å². The molecule has 2 saturated heterocycles. The average molecular weight is 1480 g/mol. The van der Waals surface area contributed by atoms with E-state index in [1.54, 1.807) is 54.2 Å². The zero-order chi connectivity index (χ0) is 62.3. The van der Waals surface area contributed by atoms with Crippen LogP contribution in [0.2, 0.25) is 10.0 Å². The first-order valence-electron chi connectivity index (χ1n) is 27.5. The second kappa shape index (κ2) is 30.3. The van der Waals surface area contributed by atoms with Gasteiger partial charge in [-0.15, -0.1) is 0 Å². The molecule has 8 aromatic rings. The number of carbonyl (C=O) groups is 4. The molecule has 2 fully saturated rings. The van der Waals surface area contributed by atoms with Crippen LogP contribution in [-0.4, -0.2) is 118 Å². The van der Waals surface area contributed by atoms with Crippen molar-refractivity contribution in [1.29, 1.82) is 0 Å². The fourth-order valence-electron chi connectivity index (χ4n) is 10.1. The van der Waals surface area contributed by atoms with Gasteiger partial charge in [-0.25, -0.2) is 9.59 Å². The molecule has 0 bridgehead atoms. The quantitative estimate of drug-likeness (QED) is 0.0913. The standard InChI is InChI=1S/C18H22BrN3O2.C16H18BrN3O3.C14H13BrClNO3.C13H11BrClNO2.CH4/c1-4-21-11-14(12(2)23)18(24)13-9-15(19)17(10-16(13)21)22-7-5-20(3)6-8-22;1-2-19-9-11(16(22)23)15(21)10-7-12(17)14(8-13(10)19)20-5-3-18-4-6-20;1-3-17-7-9(14(19)20-4-2)13(18)8-5-10(15)11(16)6-12(8)17;1-3-16-6-9(7(2)17)13(18)8-4-10(14)11(15)5-12(8)16;/h9-11H,4-8H2,1-3H3;7-9,18H,2-6H2,1H3,(H,22,23);5-7H,3-4H2,1-2H3;4-6H,3H2,1-2H3;1H4. The number of fused-ring (bicyclic) bond motifs is 4. The smallest absolute Gasteiger partial charge is 0.343 e. The van der Waals surface area contributed by atoms with Crippen LogP contribution in [-0.2, 0) is 30.9 Å². The first-order valence-corrected chi connectivity index (χ1v) is 31.4. The predicted molar refractivity (Wildman–Crippen MR) is 361 cm³/mol. The van der Waals surface area contributed by atoms with Gasteiger partial charge in [-0.05, 0) is 168 Å². The lowest BCUT2D eigenvalue weighted by molar-refractivity contribution is 0.0523. The van der Waals surface area contributed by atoms with Crippen molar-refractivity contribution in [3.63, 3.8) is 0 Å². The Balaban J connectivity index is 0.000000184. The van der Waals surface area contributed by atoms with E-state index in [1.807, 2.05) is 53.5 Å². The summed E-state index contributed by atoms with van der Waals surface area (Å²) in [5, 5.41) is 15.6. The molecule has 18 nitrogen and oxygen atoms in total. The van der Waals surface area contributed by atoms with Gasteiger partial charge in [0.15, 0.2) is 22.4 Å². The summed E-state index contributed by atoms with van der Waals surface area (Å²) in [6.07, 6.45) is 6.24. The summed E-state index contributed by atoms with van der Waals surface area (Å²) in [6, 6.07) is 14.4. The Morgan fingerprint density at radius 1 is 0.500 bits per heavy atom. The lowest BCUT2D eigenvalue weighted by Crippen LogP contribution is -2.44. The normalized spacial score (nSPS) is 13.3. The summed E-state index contributed by atoms with van der Waals surface area (Å²) in [4.78, 5) is 103. The average Bonchev–Trinajstić information content (AvgIpc) is 0.899. The second-order valence-electron chi connectivity index (χ2n) is 20.0. The van der Waals surface area contributed by atoms with E-state index in [2.05, 4.69) is 96.9 Å². The van der Waals surface area contributed by atoms with E-state index >= 15 is 0 Å². The van der Waals surface area contributed by atoms with E-state index in [1.165, 1.54) is 26.2 Å². The molecule has 0 amide bonds. The largest absolute Gasteiger partial charge is 0.477 e. The number of ketones is 2. The van der Waals surface area contributed by atoms with Gasteiger partial charge in [-0.1, -0.05) is 30.6 Å². The molecule has 458 valence electrons. The molecule has 0 spiro atoms. The van der Waals surface area contributed by atoms with E-state index in [0.717, 1.165) is 89.2 Å². The van der Waals surface area contributed by atoms with Gasteiger partial charge in [-0.2, -0.15) is 0 Å². The number of piperazine rings is 2. The number of pyridine rings is 4. The molecular weight excluding hydrogens is 1410 g/mol. The highest BCUT2D eigenvalue weighted by atomic mass is 79.9. The van der Waals surface area contributed by atoms with Crippen molar-refractivity contribution in [2.45, 2.75) is 82.1 Å². The van der Waals surface area contributed by atoms with Gasteiger partial charge in [0.25, 0.3) is 0 Å². The van der Waals surface area contributed by atoms with Gasteiger partial charge in [-0.3, -0.25) is 28.8 Å². The number of nitrogens with one attached hydrogen (secondary N) is 1. The monoisotopic (exact) mass is 1470 g/mol. The highest BCUT2D eigenvalue weighted by molar-refractivity contribution is 9.11. The highest BCUT2D eigenvalue weighted by Crippen LogP contribution is 2.34. The number of rotatable bonds is 11. The number of ether oxygens (including phenoxy) is 1. The highest BCUT2D eigenvalue weighted by Gasteiger charge is 2.23. The number of benzene rings is 4. The van der Waals surface area contributed by atoms with Crippen molar-refractivity contribution in [3.05, 3.63) is 164 Å². The number of aryl methyl sites for hydroxylation is 4. The van der Waals surface area contributed by atoms with Crippen molar-refractivity contribution < 1.29 is 29.0 Å². The maximum Gasteiger partial charge on any atom is 0.343 e. The molecule has 10 rings (SSSR count). The van der Waals surface area contributed by atoms with Crippen molar-refractivity contribution in [1.82, 2.24) is 28.5 Å². The molecule has 4 aromatic heterocycles. The van der Waals surface area contributed by atoms with Gasteiger partial charge in [0, 0.05) is 143 Å². The Bertz CT molecular complexity index is 4190. The van der Waals surface area contributed by atoms with Crippen molar-refractivity contribution in [3.8, 4) is 0 Å². The van der Waals surface area contributed by atoms with Crippen LogP contribution in [0.1, 0.15) is 97.3 Å². The predicted octanol–water partition coefficient (Wildman–Crippen LogP) is 12.5. The molecule has 24 heteroatoms. The van der Waals surface area contributed by atoms with Crippen LogP contribution >= 0.6 is 86.9 Å². The van der Waals surface area contributed by atoms with E-state index < -0.39 is 17.4 Å². The number of esters is 1. The van der Waals surface area contributed by atoms with Gasteiger partial charge < -0.3 is 48.1 Å².